The maximum Gasteiger partial charge on any atom is 0.419 e. The maximum atomic E-state index is 12.1. The van der Waals surface area contributed by atoms with Crippen molar-refractivity contribution in [3.05, 3.63) is 34.8 Å². The van der Waals surface area contributed by atoms with Crippen LogP contribution in [0.2, 0.25) is 0 Å². The number of para-hydroxylation sites is 2. The van der Waals surface area contributed by atoms with Gasteiger partial charge in [-0.3, -0.25) is 9.36 Å². The van der Waals surface area contributed by atoms with E-state index >= 15 is 0 Å². The van der Waals surface area contributed by atoms with E-state index in [1.807, 2.05) is 6.07 Å². The average Bonchev–Trinajstić information content (AvgIpc) is 2.88. The van der Waals surface area contributed by atoms with Crippen LogP contribution in [0.1, 0.15) is 19.3 Å². The van der Waals surface area contributed by atoms with Crippen molar-refractivity contribution in [2.45, 2.75) is 31.8 Å². The number of oxazole rings is 1. The van der Waals surface area contributed by atoms with Gasteiger partial charge in [-0.25, -0.2) is 17.5 Å². The average molecular weight is 367 g/mol. The Morgan fingerprint density at radius 1 is 1.28 bits per heavy atom. The lowest BCUT2D eigenvalue weighted by Crippen LogP contribution is -2.46. The largest absolute Gasteiger partial charge is 0.419 e. The number of fused-ring (bicyclic) bond motifs is 1. The minimum absolute atomic E-state index is 0.0386. The molecule has 1 aromatic carbocycles. The van der Waals surface area contributed by atoms with Crippen molar-refractivity contribution in [2.24, 2.45) is 0 Å². The first-order chi connectivity index (χ1) is 11.8. The molecule has 3 rings (SSSR count). The Morgan fingerprint density at radius 3 is 2.64 bits per heavy atom. The number of nitrogens with zero attached hydrogens (tertiary/aromatic N) is 2. The first-order valence-electron chi connectivity index (χ1n) is 8.17. The lowest BCUT2D eigenvalue weighted by Gasteiger charge is -2.30. The van der Waals surface area contributed by atoms with Crippen molar-refractivity contribution in [3.8, 4) is 0 Å². The van der Waals surface area contributed by atoms with Gasteiger partial charge in [0.15, 0.2) is 5.58 Å². The number of carbonyl (C=O) groups excluding carboxylic acids is 1. The van der Waals surface area contributed by atoms with Crippen LogP contribution in [0.5, 0.6) is 0 Å². The smallest absolute Gasteiger partial charge is 0.408 e. The van der Waals surface area contributed by atoms with Gasteiger partial charge in [-0.2, -0.15) is 0 Å². The number of amides is 1. The second kappa shape index (κ2) is 7.01. The fourth-order valence-electron chi connectivity index (χ4n) is 3.07. The van der Waals surface area contributed by atoms with Crippen LogP contribution in [0.3, 0.4) is 0 Å². The number of piperidine rings is 1. The summed E-state index contributed by atoms with van der Waals surface area (Å²) in [6, 6.07) is 7.04. The van der Waals surface area contributed by atoms with Crippen LogP contribution in [0.15, 0.2) is 33.5 Å². The fourth-order valence-corrected chi connectivity index (χ4v) is 3.94. The zero-order chi connectivity index (χ0) is 18.0. The van der Waals surface area contributed by atoms with Crippen LogP contribution in [0, 0.1) is 0 Å². The van der Waals surface area contributed by atoms with E-state index in [9.17, 15) is 18.0 Å². The molecule has 2 aromatic rings. The molecule has 1 aliphatic rings. The third kappa shape index (κ3) is 4.10. The molecule has 9 heteroatoms. The predicted octanol–water partition coefficient (Wildman–Crippen LogP) is 0.525. The quantitative estimate of drug-likeness (QED) is 0.830. The van der Waals surface area contributed by atoms with Crippen molar-refractivity contribution in [1.82, 2.24) is 14.2 Å². The summed E-state index contributed by atoms with van der Waals surface area (Å²) in [5.41, 5.74) is 1.17. The maximum absolute atomic E-state index is 12.1. The molecule has 0 atom stereocenters. The molecule has 0 aliphatic carbocycles. The highest BCUT2D eigenvalue weighted by molar-refractivity contribution is 7.88. The molecule has 1 amide bonds. The summed E-state index contributed by atoms with van der Waals surface area (Å²) in [6.45, 7) is 1.06. The number of aromatic nitrogens is 1. The number of hydrogen-bond donors (Lipinski definition) is 1. The van der Waals surface area contributed by atoms with E-state index in [2.05, 4.69) is 5.32 Å². The van der Waals surface area contributed by atoms with Crippen molar-refractivity contribution >= 4 is 27.0 Å². The SMILES string of the molecule is CS(=O)(=O)N1CCC(NC(=O)CCn2c(=O)oc3ccccc32)CC1. The molecule has 0 saturated carbocycles. The molecule has 1 fully saturated rings. The summed E-state index contributed by atoms with van der Waals surface area (Å²) >= 11 is 0. The van der Waals surface area contributed by atoms with Gasteiger partial charge >= 0.3 is 5.76 Å². The summed E-state index contributed by atoms with van der Waals surface area (Å²) in [5, 5.41) is 2.91. The van der Waals surface area contributed by atoms with Gasteiger partial charge in [-0.05, 0) is 25.0 Å². The number of aryl methyl sites for hydroxylation is 1. The van der Waals surface area contributed by atoms with E-state index in [1.165, 1.54) is 15.1 Å². The Labute approximate surface area is 145 Å². The van der Waals surface area contributed by atoms with E-state index < -0.39 is 15.8 Å². The number of sulfonamides is 1. The van der Waals surface area contributed by atoms with E-state index in [0.29, 0.717) is 37.0 Å². The minimum Gasteiger partial charge on any atom is -0.408 e. The van der Waals surface area contributed by atoms with Crippen LogP contribution in [-0.4, -0.2) is 48.6 Å². The van der Waals surface area contributed by atoms with E-state index in [1.54, 1.807) is 18.2 Å². The minimum atomic E-state index is -3.17. The highest BCUT2D eigenvalue weighted by Crippen LogP contribution is 2.14. The second-order valence-electron chi connectivity index (χ2n) is 6.24. The summed E-state index contributed by atoms with van der Waals surface area (Å²) in [6.07, 6.45) is 2.54. The van der Waals surface area contributed by atoms with Crippen molar-refractivity contribution < 1.29 is 17.6 Å². The van der Waals surface area contributed by atoms with Crippen LogP contribution >= 0.6 is 0 Å². The second-order valence-corrected chi connectivity index (χ2v) is 8.22. The van der Waals surface area contributed by atoms with Gasteiger partial charge in [0.25, 0.3) is 0 Å². The Kier molecular flexibility index (Phi) is 4.96. The molecule has 1 N–H and O–H groups in total. The Morgan fingerprint density at radius 2 is 1.96 bits per heavy atom. The Hall–Kier alpha value is -2.13. The van der Waals surface area contributed by atoms with Gasteiger partial charge in [-0.1, -0.05) is 12.1 Å². The van der Waals surface area contributed by atoms with Crippen LogP contribution in [-0.2, 0) is 21.4 Å². The molecule has 25 heavy (non-hydrogen) atoms. The summed E-state index contributed by atoms with van der Waals surface area (Å²) in [7, 11) is -3.17. The number of nitrogens with one attached hydrogen (secondary N) is 1. The van der Waals surface area contributed by atoms with Gasteiger partial charge in [-0.15, -0.1) is 0 Å². The molecule has 1 aromatic heterocycles. The van der Waals surface area contributed by atoms with Crippen LogP contribution < -0.4 is 11.1 Å². The summed E-state index contributed by atoms with van der Waals surface area (Å²) in [4.78, 5) is 24.0. The van der Waals surface area contributed by atoms with Gasteiger partial charge in [0.2, 0.25) is 15.9 Å². The highest BCUT2D eigenvalue weighted by atomic mass is 32.2. The number of carbonyl (C=O) groups is 1. The standard InChI is InChI=1S/C16H21N3O5S/c1-25(22,23)18-9-6-12(7-10-18)17-15(20)8-11-19-13-4-2-3-5-14(13)24-16(19)21/h2-5,12H,6-11H2,1H3,(H,17,20). The van der Waals surface area contributed by atoms with Gasteiger partial charge < -0.3 is 9.73 Å². The monoisotopic (exact) mass is 367 g/mol. The molecular weight excluding hydrogens is 346 g/mol. The fraction of sp³-hybridized carbons (Fsp3) is 0.500. The van der Waals surface area contributed by atoms with E-state index in [0.717, 1.165) is 0 Å². The first kappa shape index (κ1) is 17.7. The van der Waals surface area contributed by atoms with Crippen molar-refractivity contribution in [3.63, 3.8) is 0 Å². The number of benzene rings is 1. The molecule has 0 unspecified atom stereocenters. The van der Waals surface area contributed by atoms with Gasteiger partial charge in [0.1, 0.15) is 0 Å². The highest BCUT2D eigenvalue weighted by Gasteiger charge is 2.25. The van der Waals surface area contributed by atoms with Crippen molar-refractivity contribution in [2.75, 3.05) is 19.3 Å². The molecule has 136 valence electrons. The zero-order valence-corrected chi connectivity index (χ0v) is 14.8. The van der Waals surface area contributed by atoms with Crippen LogP contribution in [0.4, 0.5) is 0 Å². The van der Waals surface area contributed by atoms with Crippen molar-refractivity contribution in [1.29, 1.82) is 0 Å². The molecule has 0 spiro atoms. The lowest BCUT2D eigenvalue weighted by atomic mass is 10.1. The topological polar surface area (TPSA) is 102 Å². The lowest BCUT2D eigenvalue weighted by molar-refractivity contribution is -0.122. The molecule has 2 heterocycles. The molecule has 1 aliphatic heterocycles. The number of hydrogen-bond acceptors (Lipinski definition) is 5. The normalized spacial score (nSPS) is 17.0. The molecule has 1 saturated heterocycles. The Bertz CT molecular complexity index is 923. The van der Waals surface area contributed by atoms with Crippen LogP contribution in [0.25, 0.3) is 11.1 Å². The first-order valence-corrected chi connectivity index (χ1v) is 10.0. The van der Waals surface area contributed by atoms with E-state index in [4.69, 9.17) is 4.42 Å². The molecule has 8 nitrogen and oxygen atoms in total. The molecule has 0 bridgehead atoms. The predicted molar refractivity (Wildman–Crippen MR) is 92.7 cm³/mol. The number of rotatable bonds is 5. The summed E-state index contributed by atoms with van der Waals surface area (Å²) in [5.74, 6) is -0.634. The molecule has 0 radical (unpaired) electrons. The third-order valence-electron chi connectivity index (χ3n) is 4.42. The summed E-state index contributed by atoms with van der Waals surface area (Å²) < 4.78 is 31.0. The van der Waals surface area contributed by atoms with Gasteiger partial charge in [0.05, 0.1) is 11.8 Å². The molecular formula is C16H21N3O5S. The third-order valence-corrected chi connectivity index (χ3v) is 5.73. The Balaban J connectivity index is 1.54. The van der Waals surface area contributed by atoms with Gasteiger partial charge in [0, 0.05) is 32.1 Å². The van der Waals surface area contributed by atoms with E-state index in [-0.39, 0.29) is 24.9 Å². The zero-order valence-electron chi connectivity index (χ0n) is 14.0.